The predicted octanol–water partition coefficient (Wildman–Crippen LogP) is 19.0. The summed E-state index contributed by atoms with van der Waals surface area (Å²) in [5.74, 6) is 2.55. The van der Waals surface area contributed by atoms with Gasteiger partial charge in [-0.2, -0.15) is 0 Å². The van der Waals surface area contributed by atoms with E-state index in [-0.39, 0.29) is 0 Å². The van der Waals surface area contributed by atoms with Gasteiger partial charge in [-0.1, -0.05) is 201 Å². The highest BCUT2D eigenvalue weighted by Crippen LogP contribution is 2.58. The number of hydrogen-bond donors (Lipinski definition) is 0. The van der Waals surface area contributed by atoms with Gasteiger partial charge in [-0.25, -0.2) is 0 Å². The summed E-state index contributed by atoms with van der Waals surface area (Å²) in [6.45, 7) is 9.13. The van der Waals surface area contributed by atoms with Gasteiger partial charge in [-0.3, -0.25) is 0 Å². The van der Waals surface area contributed by atoms with E-state index in [4.69, 9.17) is 4.74 Å². The van der Waals surface area contributed by atoms with Crippen molar-refractivity contribution in [1.82, 2.24) is 0 Å². The molecule has 12 rings (SSSR count). The second-order valence-electron chi connectivity index (χ2n) is 20.5. The van der Waals surface area contributed by atoms with Crippen molar-refractivity contribution in [2.45, 2.75) is 70.6 Å². The molecule has 3 unspecified atom stereocenters. The monoisotopic (exact) mass is 943 g/mol. The van der Waals surface area contributed by atoms with Crippen LogP contribution in [-0.4, -0.2) is 0 Å². The summed E-state index contributed by atoms with van der Waals surface area (Å²) in [6.07, 6.45) is 4.64. The summed E-state index contributed by atoms with van der Waals surface area (Å²) in [5, 5.41) is 0. The summed E-state index contributed by atoms with van der Waals surface area (Å²) in [5.41, 5.74) is 23.5. The first-order chi connectivity index (χ1) is 35.8. The molecule has 0 N–H and O–H groups in total. The molecule has 2 heteroatoms. The number of benzene rings is 10. The van der Waals surface area contributed by atoms with E-state index in [1.54, 1.807) is 0 Å². The van der Waals surface area contributed by atoms with Gasteiger partial charge in [-0.15, -0.1) is 0 Å². The van der Waals surface area contributed by atoms with Crippen molar-refractivity contribution in [3.63, 3.8) is 0 Å². The molecule has 0 saturated carbocycles. The Hall–Kier alpha value is -8.20. The van der Waals surface area contributed by atoms with Crippen molar-refractivity contribution in [3.8, 4) is 44.9 Å². The van der Waals surface area contributed by atoms with Crippen molar-refractivity contribution in [2.75, 3.05) is 4.90 Å². The van der Waals surface area contributed by atoms with Crippen LogP contribution < -0.4 is 9.64 Å². The largest absolute Gasteiger partial charge is 0.457 e. The van der Waals surface area contributed by atoms with Crippen LogP contribution >= 0.6 is 0 Å². The van der Waals surface area contributed by atoms with Crippen LogP contribution in [0.2, 0.25) is 0 Å². The number of aryl methyl sites for hydroxylation is 4. The van der Waals surface area contributed by atoms with Gasteiger partial charge < -0.3 is 9.64 Å². The van der Waals surface area contributed by atoms with Crippen molar-refractivity contribution >= 4 is 17.1 Å². The number of para-hydroxylation sites is 1. The average molecular weight is 944 g/mol. The molecule has 2 aliphatic carbocycles. The van der Waals surface area contributed by atoms with E-state index in [0.717, 1.165) is 41.4 Å². The molecule has 0 aliphatic heterocycles. The number of hydrogen-bond acceptors (Lipinski definition) is 2. The molecule has 0 aromatic heterocycles. The molecule has 0 amide bonds. The van der Waals surface area contributed by atoms with E-state index >= 15 is 0 Å². The zero-order valence-electron chi connectivity index (χ0n) is 42.4. The van der Waals surface area contributed by atoms with Gasteiger partial charge in [0.25, 0.3) is 0 Å². The molecule has 0 saturated heterocycles. The van der Waals surface area contributed by atoms with Gasteiger partial charge in [0.05, 0.1) is 5.41 Å². The summed E-state index contributed by atoms with van der Waals surface area (Å²) < 4.78 is 6.66. The van der Waals surface area contributed by atoms with Gasteiger partial charge in [-0.05, 0) is 190 Å². The molecule has 0 heterocycles. The maximum atomic E-state index is 6.66. The van der Waals surface area contributed by atoms with E-state index in [1.165, 1.54) is 102 Å². The molecule has 0 spiro atoms. The minimum atomic E-state index is -0.602. The van der Waals surface area contributed by atoms with Crippen molar-refractivity contribution in [2.24, 2.45) is 0 Å². The molecule has 10 aromatic carbocycles. The third-order valence-corrected chi connectivity index (χ3v) is 15.9. The van der Waals surface area contributed by atoms with Crippen LogP contribution in [0, 0.1) is 13.8 Å². The van der Waals surface area contributed by atoms with E-state index in [1.807, 2.05) is 0 Å². The molecule has 2 aliphatic rings. The van der Waals surface area contributed by atoms with Crippen molar-refractivity contribution in [1.29, 1.82) is 0 Å². The molecule has 356 valence electrons. The zero-order chi connectivity index (χ0) is 49.5. The fraction of sp³-hybridized carbons (Fsp3) is 0.155. The number of ether oxygens (including phenoxy) is 1. The molecule has 73 heavy (non-hydrogen) atoms. The van der Waals surface area contributed by atoms with Crippen molar-refractivity contribution < 1.29 is 4.74 Å². The van der Waals surface area contributed by atoms with Crippen LogP contribution in [0.1, 0.15) is 94.2 Å². The molecule has 0 radical (unpaired) electrons. The molecular weight excluding hydrogens is 883 g/mol. The highest BCUT2D eigenvalue weighted by atomic mass is 16.5. The van der Waals surface area contributed by atoms with E-state index in [2.05, 4.69) is 269 Å². The van der Waals surface area contributed by atoms with E-state index < -0.39 is 5.41 Å². The van der Waals surface area contributed by atoms with E-state index in [9.17, 15) is 0 Å². The van der Waals surface area contributed by atoms with Crippen molar-refractivity contribution in [3.05, 3.63) is 292 Å². The normalized spacial score (nSPS) is 15.1. The first-order valence-corrected chi connectivity index (χ1v) is 26.3. The van der Waals surface area contributed by atoms with Gasteiger partial charge in [0, 0.05) is 17.1 Å². The standard InChI is InChI=1S/C71H61NO/c1-5-51(54-20-22-56(23-21-54)58-26-24-57-25-27-59(57)46-58)45-50(4)52-30-37-65(38-31-52)73-66-39-32-60(33-40-66)71(61-43-48(2)42-49(3)44-61)69-19-13-12-18-67(69)68-41-36-64(47-70(68)71)72(62-16-10-7-11-17-62)63-34-28-55(29-35-63)53-14-8-6-9-15-53/h6-24,26,28-44,46-47,50-51H,5,25,27,45H2,1-4H3. The van der Waals surface area contributed by atoms with Gasteiger partial charge in [0.2, 0.25) is 0 Å². The third kappa shape index (κ3) is 8.65. The number of rotatable bonds is 14. The van der Waals surface area contributed by atoms with Gasteiger partial charge >= 0.3 is 0 Å². The fourth-order valence-corrected chi connectivity index (χ4v) is 12.0. The Labute approximate surface area is 432 Å². The highest BCUT2D eigenvalue weighted by Gasteiger charge is 2.46. The van der Waals surface area contributed by atoms with E-state index in [0.29, 0.717) is 11.8 Å². The van der Waals surface area contributed by atoms with Gasteiger partial charge in [0.15, 0.2) is 0 Å². The highest BCUT2D eigenvalue weighted by molar-refractivity contribution is 5.90. The molecule has 3 atom stereocenters. The first-order valence-electron chi connectivity index (χ1n) is 26.3. The molecule has 0 fully saturated rings. The Morgan fingerprint density at radius 1 is 0.438 bits per heavy atom. The lowest BCUT2D eigenvalue weighted by atomic mass is 9.67. The Morgan fingerprint density at radius 2 is 0.986 bits per heavy atom. The van der Waals surface area contributed by atoms with Crippen LogP contribution in [0.5, 0.6) is 11.5 Å². The smallest absolute Gasteiger partial charge is 0.127 e. The summed E-state index contributed by atoms with van der Waals surface area (Å²) >= 11 is 0. The molecule has 10 aromatic rings. The Bertz CT molecular complexity index is 3540. The lowest BCUT2D eigenvalue weighted by Crippen LogP contribution is -2.29. The quantitative estimate of drug-likeness (QED) is 0.108. The summed E-state index contributed by atoms with van der Waals surface area (Å²) in [6, 6.07) is 87.5. The fourth-order valence-electron chi connectivity index (χ4n) is 12.0. The second kappa shape index (κ2) is 19.4. The lowest BCUT2D eigenvalue weighted by Gasteiger charge is -2.35. The number of fused-ring (bicyclic) bond motifs is 4. The third-order valence-electron chi connectivity index (χ3n) is 15.9. The number of nitrogens with zero attached hydrogens (tertiary/aromatic N) is 1. The maximum absolute atomic E-state index is 6.66. The first kappa shape index (κ1) is 45.9. The Morgan fingerprint density at radius 3 is 1.66 bits per heavy atom. The predicted molar refractivity (Wildman–Crippen MR) is 305 cm³/mol. The second-order valence-corrected chi connectivity index (χ2v) is 20.5. The zero-order valence-corrected chi connectivity index (χ0v) is 42.4. The maximum Gasteiger partial charge on any atom is 0.127 e. The Balaban J connectivity index is 0.850. The number of anilines is 3. The molecule has 2 nitrogen and oxygen atoms in total. The van der Waals surface area contributed by atoms with Crippen LogP contribution in [0.25, 0.3) is 33.4 Å². The summed E-state index contributed by atoms with van der Waals surface area (Å²) in [4.78, 5) is 2.39. The minimum absolute atomic E-state index is 0.407. The minimum Gasteiger partial charge on any atom is -0.457 e. The van der Waals surface area contributed by atoms with Crippen LogP contribution in [0.3, 0.4) is 0 Å². The SMILES string of the molecule is CCC(CC(C)c1ccc(Oc2ccc(C3(c4cc(C)cc(C)c4)c4ccccc4-c4ccc(N(c5ccccc5)c5ccc(-c6ccccc6)cc5)cc43)cc2)cc1)c1ccc(-c2ccc3c(c2)CC3)cc1. The topological polar surface area (TPSA) is 12.5 Å². The van der Waals surface area contributed by atoms with Gasteiger partial charge in [0.1, 0.15) is 11.5 Å². The van der Waals surface area contributed by atoms with Crippen LogP contribution in [0.4, 0.5) is 17.1 Å². The molecule has 0 bridgehead atoms. The summed E-state index contributed by atoms with van der Waals surface area (Å²) in [7, 11) is 0. The Kier molecular flexibility index (Phi) is 12.2. The van der Waals surface area contributed by atoms with Crippen LogP contribution in [0.15, 0.2) is 237 Å². The van der Waals surface area contributed by atoms with Crippen LogP contribution in [-0.2, 0) is 18.3 Å². The lowest BCUT2D eigenvalue weighted by molar-refractivity contribution is 0.481. The molecular formula is C71H61NO. The average Bonchev–Trinajstić information content (AvgIpc) is 3.73.